The molecule has 0 aliphatic carbocycles. The van der Waals surface area contributed by atoms with Gasteiger partial charge in [0.25, 0.3) is 0 Å². The Morgan fingerprint density at radius 1 is 1.28 bits per heavy atom. The molecule has 0 bridgehead atoms. The molecule has 0 saturated carbocycles. The van der Waals surface area contributed by atoms with Gasteiger partial charge in [-0.25, -0.2) is 5.48 Å². The number of nitrogens with one attached hydrogen (secondary N) is 1. The van der Waals surface area contributed by atoms with E-state index in [1.54, 1.807) is 6.07 Å². The molecule has 1 heterocycles. The van der Waals surface area contributed by atoms with Crippen LogP contribution in [-0.2, 0) is 4.84 Å². The SMILES string of the molecule is Cc1ccc2oc(C(=O)NOC(C)(C)C)cc2c1. The lowest BCUT2D eigenvalue weighted by molar-refractivity contribution is -0.0598. The summed E-state index contributed by atoms with van der Waals surface area (Å²) in [4.78, 5) is 17.0. The molecule has 18 heavy (non-hydrogen) atoms. The van der Waals surface area contributed by atoms with Crippen molar-refractivity contribution in [3.05, 3.63) is 35.6 Å². The molecule has 1 aromatic heterocycles. The van der Waals surface area contributed by atoms with Gasteiger partial charge in [-0.2, -0.15) is 0 Å². The summed E-state index contributed by atoms with van der Waals surface area (Å²) in [6, 6.07) is 7.48. The second-order valence-corrected chi connectivity index (χ2v) is 5.30. The van der Waals surface area contributed by atoms with Crippen LogP contribution in [0.25, 0.3) is 11.0 Å². The highest BCUT2D eigenvalue weighted by atomic mass is 16.7. The minimum Gasteiger partial charge on any atom is -0.451 e. The second-order valence-electron chi connectivity index (χ2n) is 5.30. The summed E-state index contributed by atoms with van der Waals surface area (Å²) in [6.07, 6.45) is 0. The Morgan fingerprint density at radius 3 is 2.67 bits per heavy atom. The van der Waals surface area contributed by atoms with Crippen molar-refractivity contribution in [2.24, 2.45) is 0 Å². The smallest absolute Gasteiger partial charge is 0.310 e. The summed E-state index contributed by atoms with van der Waals surface area (Å²) in [5, 5.41) is 0.913. The van der Waals surface area contributed by atoms with Crippen LogP contribution >= 0.6 is 0 Å². The molecule has 1 amide bonds. The van der Waals surface area contributed by atoms with Crippen molar-refractivity contribution in [1.82, 2.24) is 5.48 Å². The van der Waals surface area contributed by atoms with Gasteiger partial charge in [0, 0.05) is 5.39 Å². The number of hydrogen-bond donors (Lipinski definition) is 1. The highest BCUT2D eigenvalue weighted by Crippen LogP contribution is 2.20. The van der Waals surface area contributed by atoms with Crippen LogP contribution in [0.5, 0.6) is 0 Å². The third kappa shape index (κ3) is 2.90. The van der Waals surface area contributed by atoms with Gasteiger partial charge in [0.05, 0.1) is 5.60 Å². The van der Waals surface area contributed by atoms with E-state index >= 15 is 0 Å². The summed E-state index contributed by atoms with van der Waals surface area (Å²) < 4.78 is 5.46. The Bertz CT molecular complexity index is 578. The number of benzene rings is 1. The van der Waals surface area contributed by atoms with E-state index in [0.29, 0.717) is 5.58 Å². The normalized spacial score (nSPS) is 11.8. The maximum Gasteiger partial charge on any atom is 0.310 e. The number of amides is 1. The number of aryl methyl sites for hydroxylation is 1. The van der Waals surface area contributed by atoms with Gasteiger partial charge in [0.15, 0.2) is 5.76 Å². The minimum atomic E-state index is -0.432. The zero-order valence-electron chi connectivity index (χ0n) is 11.0. The number of carbonyl (C=O) groups is 1. The van der Waals surface area contributed by atoms with Crippen molar-refractivity contribution in [1.29, 1.82) is 0 Å². The standard InChI is InChI=1S/C14H17NO3/c1-9-5-6-11-10(7-9)8-12(17-11)13(16)15-18-14(2,3)4/h5-8H,1-4H3,(H,15,16). The van der Waals surface area contributed by atoms with Crippen LogP contribution in [0.4, 0.5) is 0 Å². The number of furan rings is 1. The average molecular weight is 247 g/mol. The van der Waals surface area contributed by atoms with Gasteiger partial charge in [0.2, 0.25) is 0 Å². The van der Waals surface area contributed by atoms with E-state index in [2.05, 4.69) is 5.48 Å². The van der Waals surface area contributed by atoms with Gasteiger partial charge in [-0.3, -0.25) is 9.63 Å². The number of hydrogen-bond acceptors (Lipinski definition) is 3. The third-order valence-electron chi connectivity index (χ3n) is 2.35. The first-order valence-electron chi connectivity index (χ1n) is 5.84. The summed E-state index contributed by atoms with van der Waals surface area (Å²) in [5.74, 6) is -0.126. The number of rotatable bonds is 2. The van der Waals surface area contributed by atoms with Crippen LogP contribution in [0.1, 0.15) is 36.9 Å². The van der Waals surface area contributed by atoms with Crippen LogP contribution < -0.4 is 5.48 Å². The fraction of sp³-hybridized carbons (Fsp3) is 0.357. The fourth-order valence-corrected chi connectivity index (χ4v) is 1.52. The molecule has 0 spiro atoms. The Labute approximate surface area is 106 Å². The molecule has 4 nitrogen and oxygen atoms in total. The number of fused-ring (bicyclic) bond motifs is 1. The van der Waals surface area contributed by atoms with E-state index in [1.165, 1.54) is 0 Å². The number of carbonyl (C=O) groups excluding carboxylic acids is 1. The van der Waals surface area contributed by atoms with Crippen LogP contribution in [0, 0.1) is 6.92 Å². The zero-order valence-corrected chi connectivity index (χ0v) is 11.0. The molecule has 1 aromatic carbocycles. The van der Waals surface area contributed by atoms with Crippen LogP contribution in [0.15, 0.2) is 28.7 Å². The maximum absolute atomic E-state index is 11.8. The second kappa shape index (κ2) is 4.46. The molecule has 2 rings (SSSR count). The van der Waals surface area contributed by atoms with Crippen molar-refractivity contribution >= 4 is 16.9 Å². The van der Waals surface area contributed by atoms with Crippen LogP contribution in [0.2, 0.25) is 0 Å². The molecule has 96 valence electrons. The highest BCUT2D eigenvalue weighted by Gasteiger charge is 2.16. The molecule has 0 radical (unpaired) electrons. The summed E-state index contributed by atoms with van der Waals surface area (Å²) >= 11 is 0. The summed E-state index contributed by atoms with van der Waals surface area (Å²) in [5.41, 5.74) is 3.77. The lowest BCUT2D eigenvalue weighted by atomic mass is 10.2. The summed E-state index contributed by atoms with van der Waals surface area (Å²) in [7, 11) is 0. The molecule has 0 unspecified atom stereocenters. The fourth-order valence-electron chi connectivity index (χ4n) is 1.52. The van der Waals surface area contributed by atoms with Crippen molar-refractivity contribution in [3.63, 3.8) is 0 Å². The molecule has 0 aliphatic rings. The monoisotopic (exact) mass is 247 g/mol. The van der Waals surface area contributed by atoms with Crippen molar-refractivity contribution in [2.45, 2.75) is 33.3 Å². The largest absolute Gasteiger partial charge is 0.451 e. The Kier molecular flexibility index (Phi) is 3.13. The van der Waals surface area contributed by atoms with Gasteiger partial charge in [-0.05, 0) is 45.9 Å². The number of hydroxylamine groups is 1. The molecule has 0 fully saturated rings. The zero-order chi connectivity index (χ0) is 13.3. The molecule has 0 atom stereocenters. The van der Waals surface area contributed by atoms with E-state index in [4.69, 9.17) is 9.25 Å². The van der Waals surface area contributed by atoms with Crippen molar-refractivity contribution in [3.8, 4) is 0 Å². The predicted octanol–water partition coefficient (Wildman–Crippen LogP) is 3.20. The first-order chi connectivity index (χ1) is 8.35. The van der Waals surface area contributed by atoms with E-state index in [-0.39, 0.29) is 11.7 Å². The lowest BCUT2D eigenvalue weighted by Gasteiger charge is -2.18. The Morgan fingerprint density at radius 2 is 2.00 bits per heavy atom. The highest BCUT2D eigenvalue weighted by molar-refractivity contribution is 5.95. The van der Waals surface area contributed by atoms with E-state index in [9.17, 15) is 4.79 Å². The molecule has 2 aromatic rings. The first kappa shape index (κ1) is 12.6. The van der Waals surface area contributed by atoms with Gasteiger partial charge in [-0.1, -0.05) is 11.6 Å². The van der Waals surface area contributed by atoms with Gasteiger partial charge in [0.1, 0.15) is 5.58 Å². The minimum absolute atomic E-state index is 0.250. The maximum atomic E-state index is 11.8. The first-order valence-corrected chi connectivity index (χ1v) is 5.84. The molecule has 1 N–H and O–H groups in total. The van der Waals surface area contributed by atoms with Crippen LogP contribution in [0.3, 0.4) is 0 Å². The van der Waals surface area contributed by atoms with E-state index in [1.807, 2.05) is 45.9 Å². The average Bonchev–Trinajstić information content (AvgIpc) is 2.67. The lowest BCUT2D eigenvalue weighted by Crippen LogP contribution is -2.33. The van der Waals surface area contributed by atoms with Crippen LogP contribution in [-0.4, -0.2) is 11.5 Å². The topological polar surface area (TPSA) is 51.5 Å². The molecule has 0 saturated heterocycles. The van der Waals surface area contributed by atoms with Crippen molar-refractivity contribution < 1.29 is 14.0 Å². The van der Waals surface area contributed by atoms with E-state index in [0.717, 1.165) is 10.9 Å². The molecule has 0 aliphatic heterocycles. The van der Waals surface area contributed by atoms with Gasteiger partial charge < -0.3 is 4.42 Å². The Hall–Kier alpha value is -1.81. The van der Waals surface area contributed by atoms with Gasteiger partial charge in [-0.15, -0.1) is 0 Å². The van der Waals surface area contributed by atoms with Crippen molar-refractivity contribution in [2.75, 3.05) is 0 Å². The molecular formula is C14H17NO3. The molecule has 4 heteroatoms. The van der Waals surface area contributed by atoms with E-state index < -0.39 is 5.60 Å². The summed E-state index contributed by atoms with van der Waals surface area (Å²) in [6.45, 7) is 7.56. The predicted molar refractivity (Wildman–Crippen MR) is 69.3 cm³/mol. The Balaban J connectivity index is 2.18. The third-order valence-corrected chi connectivity index (χ3v) is 2.35. The van der Waals surface area contributed by atoms with Gasteiger partial charge >= 0.3 is 5.91 Å². The molecular weight excluding hydrogens is 230 g/mol. The quantitative estimate of drug-likeness (QED) is 0.829.